The zero-order valence-electron chi connectivity index (χ0n) is 18.3. The maximum absolute atomic E-state index is 11.8. The van der Waals surface area contributed by atoms with E-state index in [1.165, 1.54) is 35.4 Å². The monoisotopic (exact) mass is 424 g/mol. The van der Waals surface area contributed by atoms with Gasteiger partial charge in [-0.1, -0.05) is 34.9 Å². The van der Waals surface area contributed by atoms with Gasteiger partial charge < -0.3 is 15.7 Å². The summed E-state index contributed by atoms with van der Waals surface area (Å²) < 4.78 is 0. The Labute approximate surface area is 179 Å². The molecule has 0 bridgehead atoms. The zero-order chi connectivity index (χ0) is 22.2. The molecule has 6 nitrogen and oxygen atoms in total. The van der Waals surface area contributed by atoms with Gasteiger partial charge in [0.2, 0.25) is 12.3 Å². The molecule has 2 unspecified atom stereocenters. The van der Waals surface area contributed by atoms with Crippen molar-refractivity contribution in [1.82, 2.24) is 10.6 Å². The van der Waals surface area contributed by atoms with Gasteiger partial charge in [-0.25, -0.2) is 4.79 Å². The van der Waals surface area contributed by atoms with Gasteiger partial charge in [-0.15, -0.1) is 0 Å². The number of hydrogen-bond acceptors (Lipinski definition) is 4. The number of hydrogen-bond donors (Lipinski definition) is 3. The first-order chi connectivity index (χ1) is 13.7. The van der Waals surface area contributed by atoms with Gasteiger partial charge in [-0.05, 0) is 60.3 Å². The number of carboxylic acid groups (broad SMARTS) is 1. The number of allylic oxidation sites excluding steroid dienone is 5. The maximum Gasteiger partial charge on any atom is 0.327 e. The molecular formula is C22H36N2O4S. The van der Waals surface area contributed by atoms with Gasteiger partial charge in [-0.2, -0.15) is 11.8 Å². The Morgan fingerprint density at radius 2 is 1.59 bits per heavy atom. The Morgan fingerprint density at radius 1 is 1.00 bits per heavy atom. The highest BCUT2D eigenvalue weighted by Gasteiger charge is 2.22. The lowest BCUT2D eigenvalue weighted by molar-refractivity contribution is -0.141. The molecule has 0 aliphatic rings. The topological polar surface area (TPSA) is 95.5 Å². The third-order valence-electron chi connectivity index (χ3n) is 4.28. The fourth-order valence-electron chi connectivity index (χ4n) is 2.38. The minimum atomic E-state index is -1.08. The zero-order valence-corrected chi connectivity index (χ0v) is 19.1. The largest absolute Gasteiger partial charge is 0.480 e. The lowest BCUT2D eigenvalue weighted by Crippen LogP contribution is -2.49. The number of aliphatic carboxylic acids is 1. The van der Waals surface area contributed by atoms with Crippen molar-refractivity contribution in [3.8, 4) is 0 Å². The molecule has 0 saturated carbocycles. The van der Waals surface area contributed by atoms with Crippen LogP contribution in [0.25, 0.3) is 0 Å². The normalized spacial score (nSPS) is 14.0. The number of thioether (sulfide) groups is 1. The van der Waals surface area contributed by atoms with E-state index in [2.05, 4.69) is 56.6 Å². The number of carboxylic acids is 1. The van der Waals surface area contributed by atoms with Crippen molar-refractivity contribution >= 4 is 30.0 Å². The summed E-state index contributed by atoms with van der Waals surface area (Å²) in [6.07, 6.45) is 11.2. The molecule has 164 valence electrons. The standard InChI is InChI=1S/C22H36N2O4S/c1-16(2)8-6-9-17(3)10-7-11-18(4)12-13-29-14-20(22(27)28)24-21(26)19(5)23-15-25/h8,10,12,15,19-20H,6-7,9,11,13-14H2,1-5H3,(H,23,25)(H,24,26)(H,27,28)/b17-10+,18-12+. The van der Waals surface area contributed by atoms with E-state index in [0.717, 1.165) is 25.7 Å². The van der Waals surface area contributed by atoms with Crippen LogP contribution in [0.1, 0.15) is 60.3 Å². The molecule has 29 heavy (non-hydrogen) atoms. The Hall–Kier alpha value is -2.02. The smallest absolute Gasteiger partial charge is 0.327 e. The Kier molecular flexibility index (Phi) is 14.7. The van der Waals surface area contributed by atoms with Crippen LogP contribution in [0, 0.1) is 0 Å². The van der Waals surface area contributed by atoms with E-state index in [-0.39, 0.29) is 5.75 Å². The molecular weight excluding hydrogens is 388 g/mol. The summed E-state index contributed by atoms with van der Waals surface area (Å²) in [7, 11) is 0. The van der Waals surface area contributed by atoms with Crippen LogP contribution in [-0.2, 0) is 14.4 Å². The fourth-order valence-corrected chi connectivity index (χ4v) is 3.38. The van der Waals surface area contributed by atoms with Crippen molar-refractivity contribution in [2.24, 2.45) is 0 Å². The molecule has 2 amide bonds. The van der Waals surface area contributed by atoms with Crippen molar-refractivity contribution in [1.29, 1.82) is 0 Å². The van der Waals surface area contributed by atoms with E-state index in [1.54, 1.807) is 0 Å². The van der Waals surface area contributed by atoms with Crippen LogP contribution in [0.15, 0.2) is 34.9 Å². The molecule has 0 fully saturated rings. The van der Waals surface area contributed by atoms with Gasteiger partial charge >= 0.3 is 5.97 Å². The van der Waals surface area contributed by atoms with E-state index < -0.39 is 24.0 Å². The lowest BCUT2D eigenvalue weighted by Gasteiger charge is -2.17. The maximum atomic E-state index is 11.8. The molecule has 0 heterocycles. The molecule has 7 heteroatoms. The number of amides is 2. The number of carbonyl (C=O) groups is 3. The Bertz CT molecular complexity index is 622. The summed E-state index contributed by atoms with van der Waals surface area (Å²) in [5.74, 6) is -0.638. The molecule has 0 saturated heterocycles. The molecule has 0 aromatic heterocycles. The van der Waals surface area contributed by atoms with Crippen molar-refractivity contribution in [2.45, 2.75) is 72.4 Å². The van der Waals surface area contributed by atoms with Crippen LogP contribution in [0.4, 0.5) is 0 Å². The average Bonchev–Trinajstić information content (AvgIpc) is 2.63. The van der Waals surface area contributed by atoms with Gasteiger partial charge in [0.1, 0.15) is 12.1 Å². The first-order valence-electron chi connectivity index (χ1n) is 9.92. The molecule has 0 spiro atoms. The minimum Gasteiger partial charge on any atom is -0.480 e. The predicted octanol–water partition coefficient (Wildman–Crippen LogP) is 3.84. The number of carbonyl (C=O) groups excluding carboxylic acids is 2. The molecule has 0 aromatic rings. The summed E-state index contributed by atoms with van der Waals surface area (Å²) in [6, 6.07) is -1.75. The fraction of sp³-hybridized carbons (Fsp3) is 0.591. The molecule has 0 aliphatic heterocycles. The number of rotatable bonds is 15. The second-order valence-electron chi connectivity index (χ2n) is 7.40. The van der Waals surface area contributed by atoms with Crippen molar-refractivity contribution in [3.05, 3.63) is 34.9 Å². The minimum absolute atomic E-state index is 0.266. The van der Waals surface area contributed by atoms with Crippen LogP contribution in [0.3, 0.4) is 0 Å². The predicted molar refractivity (Wildman–Crippen MR) is 121 cm³/mol. The summed E-state index contributed by atoms with van der Waals surface area (Å²) in [5, 5.41) is 14.0. The van der Waals surface area contributed by atoms with Gasteiger partial charge in [0.25, 0.3) is 0 Å². The highest BCUT2D eigenvalue weighted by atomic mass is 32.2. The molecule has 3 N–H and O–H groups in total. The van der Waals surface area contributed by atoms with Gasteiger partial charge in [0.05, 0.1) is 0 Å². The molecule has 0 aromatic carbocycles. The average molecular weight is 425 g/mol. The summed E-state index contributed by atoms with van der Waals surface area (Å²) in [5.41, 5.74) is 4.03. The van der Waals surface area contributed by atoms with Gasteiger partial charge in [0.15, 0.2) is 0 Å². The van der Waals surface area contributed by atoms with E-state index in [1.807, 2.05) is 0 Å². The Balaban J connectivity index is 4.27. The molecule has 0 rings (SSSR count). The second-order valence-corrected chi connectivity index (χ2v) is 8.48. The quantitative estimate of drug-likeness (QED) is 0.211. The SMILES string of the molecule is CC(C)=CCC/C(C)=C/CC/C(C)=C/CSCC(NC(=O)C(C)NC=O)C(=O)O. The van der Waals surface area contributed by atoms with Gasteiger partial charge in [0, 0.05) is 11.5 Å². The van der Waals surface area contributed by atoms with Crippen LogP contribution >= 0.6 is 11.8 Å². The van der Waals surface area contributed by atoms with Gasteiger partial charge in [-0.3, -0.25) is 9.59 Å². The van der Waals surface area contributed by atoms with Crippen molar-refractivity contribution < 1.29 is 19.5 Å². The number of nitrogens with one attached hydrogen (secondary N) is 2. The molecule has 0 radical (unpaired) electrons. The first kappa shape index (κ1) is 27.0. The summed E-state index contributed by atoms with van der Waals surface area (Å²) in [6.45, 7) is 9.97. The third-order valence-corrected chi connectivity index (χ3v) is 5.25. The third kappa shape index (κ3) is 14.6. The van der Waals surface area contributed by atoms with Crippen LogP contribution in [0.2, 0.25) is 0 Å². The molecule has 2 atom stereocenters. The van der Waals surface area contributed by atoms with Crippen LogP contribution in [-0.4, -0.2) is 47.0 Å². The summed E-state index contributed by atoms with van der Waals surface area (Å²) >= 11 is 1.45. The van der Waals surface area contributed by atoms with Crippen LogP contribution < -0.4 is 10.6 Å². The van der Waals surface area contributed by atoms with E-state index in [4.69, 9.17) is 0 Å². The Morgan fingerprint density at radius 3 is 2.14 bits per heavy atom. The first-order valence-corrected chi connectivity index (χ1v) is 11.1. The van der Waals surface area contributed by atoms with E-state index >= 15 is 0 Å². The summed E-state index contributed by atoms with van der Waals surface area (Å²) in [4.78, 5) is 33.5. The second kappa shape index (κ2) is 15.9. The highest BCUT2D eigenvalue weighted by molar-refractivity contribution is 7.99. The van der Waals surface area contributed by atoms with E-state index in [9.17, 15) is 19.5 Å². The van der Waals surface area contributed by atoms with Crippen LogP contribution in [0.5, 0.6) is 0 Å². The lowest BCUT2D eigenvalue weighted by atomic mass is 10.1. The molecule has 0 aliphatic carbocycles. The van der Waals surface area contributed by atoms with Crippen molar-refractivity contribution in [2.75, 3.05) is 11.5 Å². The highest BCUT2D eigenvalue weighted by Crippen LogP contribution is 2.13. The van der Waals surface area contributed by atoms with Crippen molar-refractivity contribution in [3.63, 3.8) is 0 Å². The van der Waals surface area contributed by atoms with E-state index in [0.29, 0.717) is 12.2 Å².